The number of anilines is 1. The van der Waals surface area contributed by atoms with Crippen LogP contribution in [0.4, 0.5) is 5.69 Å². The molecule has 2 aliphatic carbocycles. The number of aromatic amines is 1. The van der Waals surface area contributed by atoms with Gasteiger partial charge in [0.05, 0.1) is 24.8 Å². The molecule has 3 heterocycles. The van der Waals surface area contributed by atoms with Crippen molar-refractivity contribution in [3.63, 3.8) is 0 Å². The molecular weight excluding hydrogens is 416 g/mol. The Bertz CT molecular complexity index is 1210. The van der Waals surface area contributed by atoms with Crippen LogP contribution < -0.4 is 11.1 Å². The van der Waals surface area contributed by atoms with Crippen LogP contribution in [0.2, 0.25) is 0 Å². The first-order valence-corrected chi connectivity index (χ1v) is 11.6. The first-order chi connectivity index (χ1) is 16.2. The number of carbonyl (C=O) groups is 1. The van der Waals surface area contributed by atoms with E-state index in [1.54, 1.807) is 6.20 Å². The number of hydrogen-bond acceptors (Lipinski definition) is 6. The maximum absolute atomic E-state index is 12.1. The number of primary amides is 1. The van der Waals surface area contributed by atoms with Gasteiger partial charge in [0.15, 0.2) is 5.65 Å². The first-order valence-electron chi connectivity index (χ1n) is 11.6. The Kier molecular flexibility index (Phi) is 5.11. The number of carbonyl (C=O) groups excluding carboxylic acids is 1. The number of amides is 1. The lowest BCUT2D eigenvalue weighted by Gasteiger charge is -2.27. The van der Waals surface area contributed by atoms with Crippen molar-refractivity contribution in [2.45, 2.75) is 19.0 Å². The molecule has 1 aliphatic heterocycles. The fourth-order valence-corrected chi connectivity index (χ4v) is 5.58. The molecule has 33 heavy (non-hydrogen) atoms. The summed E-state index contributed by atoms with van der Waals surface area (Å²) in [6.07, 6.45) is 7.08. The highest BCUT2D eigenvalue weighted by Crippen LogP contribution is 2.45. The molecule has 1 amide bonds. The van der Waals surface area contributed by atoms with Crippen LogP contribution in [0.1, 0.15) is 12.0 Å². The van der Waals surface area contributed by atoms with Crippen LogP contribution in [-0.4, -0.2) is 58.1 Å². The van der Waals surface area contributed by atoms with Gasteiger partial charge in [-0.1, -0.05) is 30.4 Å². The second kappa shape index (κ2) is 8.28. The fraction of sp³-hybridized carbons (Fsp3) is 0.400. The summed E-state index contributed by atoms with van der Waals surface area (Å²) in [5.41, 5.74) is 10.4. The summed E-state index contributed by atoms with van der Waals surface area (Å²) in [4.78, 5) is 27.3. The zero-order valence-electron chi connectivity index (χ0n) is 18.4. The number of pyridine rings is 1. The van der Waals surface area contributed by atoms with E-state index in [0.717, 1.165) is 67.5 Å². The predicted molar refractivity (Wildman–Crippen MR) is 126 cm³/mol. The van der Waals surface area contributed by atoms with Gasteiger partial charge in [0, 0.05) is 37.4 Å². The molecule has 170 valence electrons. The molecule has 0 radical (unpaired) electrons. The number of rotatable bonds is 6. The Hall–Kier alpha value is -3.23. The summed E-state index contributed by atoms with van der Waals surface area (Å²) in [5, 5.41) is 3.58. The van der Waals surface area contributed by atoms with Crippen molar-refractivity contribution in [2.75, 3.05) is 31.6 Å². The number of imidazole rings is 1. The van der Waals surface area contributed by atoms with E-state index in [4.69, 9.17) is 15.5 Å². The molecule has 2 fully saturated rings. The predicted octanol–water partition coefficient (Wildman–Crippen LogP) is 2.54. The van der Waals surface area contributed by atoms with E-state index >= 15 is 0 Å². The summed E-state index contributed by atoms with van der Waals surface area (Å²) in [7, 11) is 0. The van der Waals surface area contributed by atoms with Crippen molar-refractivity contribution in [1.82, 2.24) is 19.9 Å². The Labute approximate surface area is 192 Å². The molecule has 3 aromatic rings. The minimum atomic E-state index is -0.241. The van der Waals surface area contributed by atoms with E-state index in [9.17, 15) is 4.79 Å². The van der Waals surface area contributed by atoms with Gasteiger partial charge >= 0.3 is 0 Å². The molecule has 2 bridgehead atoms. The van der Waals surface area contributed by atoms with E-state index in [1.807, 2.05) is 6.07 Å². The van der Waals surface area contributed by atoms with Crippen LogP contribution >= 0.6 is 0 Å². The number of allylic oxidation sites excluding steroid dienone is 1. The summed E-state index contributed by atoms with van der Waals surface area (Å²) in [5.74, 6) is 0.889. The molecule has 2 aromatic heterocycles. The average Bonchev–Trinajstić information content (AvgIpc) is 3.55. The summed E-state index contributed by atoms with van der Waals surface area (Å²) in [6, 6.07) is 10.4. The molecule has 0 unspecified atom stereocenters. The highest BCUT2D eigenvalue weighted by atomic mass is 16.5. The van der Waals surface area contributed by atoms with Gasteiger partial charge in [-0.25, -0.2) is 9.97 Å². The maximum atomic E-state index is 12.1. The number of nitrogens with two attached hydrogens (primary N) is 1. The van der Waals surface area contributed by atoms with E-state index in [2.05, 4.69) is 56.6 Å². The van der Waals surface area contributed by atoms with Gasteiger partial charge in [-0.3, -0.25) is 9.69 Å². The number of H-pyrrole nitrogens is 1. The van der Waals surface area contributed by atoms with E-state index in [0.29, 0.717) is 5.92 Å². The third-order valence-corrected chi connectivity index (χ3v) is 7.20. The molecule has 8 heteroatoms. The molecule has 4 atom stereocenters. The lowest BCUT2D eigenvalue weighted by atomic mass is 9.88. The summed E-state index contributed by atoms with van der Waals surface area (Å²) < 4.78 is 5.46. The average molecular weight is 445 g/mol. The van der Waals surface area contributed by atoms with Gasteiger partial charge in [0.25, 0.3) is 0 Å². The fourth-order valence-electron chi connectivity index (χ4n) is 5.58. The molecule has 1 saturated heterocycles. The Morgan fingerprint density at radius 3 is 2.91 bits per heavy atom. The first kappa shape index (κ1) is 20.4. The largest absolute Gasteiger partial charge is 0.379 e. The third kappa shape index (κ3) is 3.79. The maximum Gasteiger partial charge on any atom is 0.223 e. The Balaban J connectivity index is 1.28. The quantitative estimate of drug-likeness (QED) is 0.504. The van der Waals surface area contributed by atoms with Gasteiger partial charge in [-0.15, -0.1) is 0 Å². The molecule has 1 saturated carbocycles. The van der Waals surface area contributed by atoms with Gasteiger partial charge < -0.3 is 20.8 Å². The molecule has 0 spiro atoms. The highest BCUT2D eigenvalue weighted by Gasteiger charge is 2.47. The minimum Gasteiger partial charge on any atom is -0.379 e. The Morgan fingerprint density at radius 2 is 2.06 bits per heavy atom. The van der Waals surface area contributed by atoms with Gasteiger partial charge in [-0.2, -0.15) is 0 Å². The van der Waals surface area contributed by atoms with Gasteiger partial charge in [0.1, 0.15) is 11.3 Å². The summed E-state index contributed by atoms with van der Waals surface area (Å²) >= 11 is 0. The van der Waals surface area contributed by atoms with Crippen LogP contribution in [0.5, 0.6) is 0 Å². The molecular formula is C25H28N6O2. The number of hydrogen-bond donors (Lipinski definition) is 3. The highest BCUT2D eigenvalue weighted by molar-refractivity contribution is 5.88. The molecule has 6 rings (SSSR count). The smallest absolute Gasteiger partial charge is 0.223 e. The van der Waals surface area contributed by atoms with Crippen molar-refractivity contribution < 1.29 is 9.53 Å². The van der Waals surface area contributed by atoms with Crippen molar-refractivity contribution in [3.8, 4) is 11.4 Å². The lowest BCUT2D eigenvalue weighted by Crippen LogP contribution is -2.41. The number of morpholine rings is 1. The van der Waals surface area contributed by atoms with Crippen LogP contribution in [0.25, 0.3) is 22.6 Å². The Morgan fingerprint density at radius 1 is 1.21 bits per heavy atom. The monoisotopic (exact) mass is 444 g/mol. The van der Waals surface area contributed by atoms with Gasteiger partial charge in [-0.05, 0) is 36.0 Å². The topological polar surface area (TPSA) is 109 Å². The van der Waals surface area contributed by atoms with Gasteiger partial charge in [0.2, 0.25) is 5.91 Å². The molecule has 3 aliphatic rings. The standard InChI is InChI=1S/C25H28N6O2/c26-23(32)20-16-4-5-17(13-16)21(20)28-19-6-7-27-25-22(19)29-24(30-25)18-3-1-2-15(12-18)14-31-8-10-33-11-9-31/h1-7,12,16-17,20-21H,8-11,13-14H2,(H2,26,32)(H2,27,28,29,30)/t16-,17+,20+,21-/m1/s1. The number of aromatic nitrogens is 3. The molecule has 4 N–H and O–H groups in total. The van der Waals surface area contributed by atoms with Crippen molar-refractivity contribution in [3.05, 3.63) is 54.2 Å². The van der Waals surface area contributed by atoms with Crippen LogP contribution in [0, 0.1) is 17.8 Å². The number of fused-ring (bicyclic) bond motifs is 3. The van der Waals surface area contributed by atoms with E-state index in [1.165, 1.54) is 5.56 Å². The van der Waals surface area contributed by atoms with E-state index < -0.39 is 0 Å². The second-order valence-electron chi connectivity index (χ2n) is 9.28. The lowest BCUT2D eigenvalue weighted by molar-refractivity contribution is -0.122. The minimum absolute atomic E-state index is 0.0138. The molecule has 1 aromatic carbocycles. The molecule has 8 nitrogen and oxygen atoms in total. The number of ether oxygens (including phenoxy) is 1. The van der Waals surface area contributed by atoms with Crippen molar-refractivity contribution in [1.29, 1.82) is 0 Å². The number of nitrogens with zero attached hydrogens (tertiary/aromatic N) is 3. The zero-order valence-corrected chi connectivity index (χ0v) is 18.4. The van der Waals surface area contributed by atoms with Crippen LogP contribution in [0.15, 0.2) is 48.7 Å². The second-order valence-corrected chi connectivity index (χ2v) is 9.28. The SMILES string of the molecule is NC(=O)[C@@H]1[C@H](Nc2ccnc3[nH]c(-c4cccc(CN5CCOCC5)c4)nc23)[C@H]2C=C[C@@H]1C2. The van der Waals surface area contributed by atoms with Crippen molar-refractivity contribution in [2.24, 2.45) is 23.5 Å². The summed E-state index contributed by atoms with van der Waals surface area (Å²) in [6.45, 7) is 4.39. The third-order valence-electron chi connectivity index (χ3n) is 7.20. The van der Waals surface area contributed by atoms with Crippen LogP contribution in [-0.2, 0) is 16.1 Å². The van der Waals surface area contributed by atoms with E-state index in [-0.39, 0.29) is 23.8 Å². The number of nitrogens with one attached hydrogen (secondary N) is 2. The van der Waals surface area contributed by atoms with Crippen molar-refractivity contribution >= 4 is 22.8 Å². The number of benzene rings is 1. The van der Waals surface area contributed by atoms with Crippen LogP contribution in [0.3, 0.4) is 0 Å². The zero-order chi connectivity index (χ0) is 22.4. The normalized spacial score (nSPS) is 26.8.